The van der Waals surface area contributed by atoms with Crippen LogP contribution in [0.2, 0.25) is 0 Å². The topological polar surface area (TPSA) is 119 Å². The van der Waals surface area contributed by atoms with E-state index in [9.17, 15) is 18.0 Å². The van der Waals surface area contributed by atoms with Gasteiger partial charge in [0.25, 0.3) is 10.0 Å². The van der Waals surface area contributed by atoms with E-state index in [4.69, 9.17) is 10.5 Å². The van der Waals surface area contributed by atoms with Crippen molar-refractivity contribution in [2.24, 2.45) is 5.73 Å². The fourth-order valence-corrected chi connectivity index (χ4v) is 5.48. The van der Waals surface area contributed by atoms with E-state index in [1.807, 2.05) is 0 Å². The van der Waals surface area contributed by atoms with Crippen molar-refractivity contribution in [2.75, 3.05) is 19.7 Å². The van der Waals surface area contributed by atoms with Gasteiger partial charge in [-0.15, -0.1) is 17.9 Å². The van der Waals surface area contributed by atoms with E-state index in [0.717, 1.165) is 11.3 Å². The van der Waals surface area contributed by atoms with Crippen LogP contribution >= 0.6 is 11.3 Å². The van der Waals surface area contributed by atoms with Gasteiger partial charge in [0.1, 0.15) is 10.3 Å². The van der Waals surface area contributed by atoms with E-state index < -0.39 is 27.9 Å². The number of rotatable bonds is 9. The number of nitrogens with one attached hydrogen (secondary N) is 1. The molecule has 26 heavy (non-hydrogen) atoms. The van der Waals surface area contributed by atoms with Gasteiger partial charge in [-0.05, 0) is 24.3 Å². The smallest absolute Gasteiger partial charge is 0.253 e. The number of piperidine rings is 1. The third-order valence-corrected chi connectivity index (χ3v) is 7.27. The van der Waals surface area contributed by atoms with Crippen molar-refractivity contribution < 1.29 is 22.7 Å². The van der Waals surface area contributed by atoms with Crippen LogP contribution < -0.4 is 11.1 Å². The minimum absolute atomic E-state index is 0.00741. The minimum atomic E-state index is -3.77. The summed E-state index contributed by atoms with van der Waals surface area (Å²) in [6, 6.07) is 2.26. The Bertz CT molecular complexity index is 733. The molecule has 1 saturated heterocycles. The number of primary amides is 1. The van der Waals surface area contributed by atoms with Crippen LogP contribution in [0.25, 0.3) is 0 Å². The highest BCUT2D eigenvalue weighted by atomic mass is 32.2. The first-order valence-electron chi connectivity index (χ1n) is 8.20. The van der Waals surface area contributed by atoms with Gasteiger partial charge in [0, 0.05) is 19.5 Å². The molecule has 0 saturated carbocycles. The van der Waals surface area contributed by atoms with Crippen molar-refractivity contribution in [1.82, 2.24) is 9.62 Å². The maximum absolute atomic E-state index is 12.9. The molecule has 1 aliphatic heterocycles. The molecular formula is C16H23N3O5S2. The summed E-state index contributed by atoms with van der Waals surface area (Å²) >= 11 is 1.11. The van der Waals surface area contributed by atoms with Gasteiger partial charge in [-0.3, -0.25) is 9.59 Å². The number of nitrogens with zero attached hydrogens (tertiary/aromatic N) is 1. The second-order valence-corrected chi connectivity index (χ2v) is 8.90. The van der Waals surface area contributed by atoms with Gasteiger partial charge in [0.2, 0.25) is 11.8 Å². The lowest BCUT2D eigenvalue weighted by atomic mass is 10.0. The fraction of sp³-hybridized carbons (Fsp3) is 0.500. The Morgan fingerprint density at radius 3 is 2.88 bits per heavy atom. The van der Waals surface area contributed by atoms with E-state index in [0.29, 0.717) is 13.0 Å². The van der Waals surface area contributed by atoms with Crippen molar-refractivity contribution in [1.29, 1.82) is 0 Å². The number of ether oxygens (including phenoxy) is 1. The molecule has 1 aliphatic rings. The van der Waals surface area contributed by atoms with Crippen LogP contribution in [-0.4, -0.2) is 56.4 Å². The molecule has 0 radical (unpaired) electrons. The van der Waals surface area contributed by atoms with Gasteiger partial charge in [-0.1, -0.05) is 12.1 Å². The van der Waals surface area contributed by atoms with Crippen molar-refractivity contribution in [3.63, 3.8) is 0 Å². The quantitative estimate of drug-likeness (QED) is 0.583. The lowest BCUT2D eigenvalue weighted by Gasteiger charge is -2.37. The normalized spacial score (nSPS) is 21.2. The number of hydrogen-bond acceptors (Lipinski definition) is 6. The first-order chi connectivity index (χ1) is 12.4. The molecule has 0 bridgehead atoms. The van der Waals surface area contributed by atoms with E-state index in [2.05, 4.69) is 11.9 Å². The summed E-state index contributed by atoms with van der Waals surface area (Å²) in [6.45, 7) is 4.16. The predicted molar refractivity (Wildman–Crippen MR) is 98.0 cm³/mol. The SMILES string of the molecule is C=CCOC1CCN(S(=O)(=O)c2cccs2)C(C(=O)NCCC(N)=O)C1. The summed E-state index contributed by atoms with van der Waals surface area (Å²) in [6.07, 6.45) is 2.09. The van der Waals surface area contributed by atoms with E-state index in [1.54, 1.807) is 17.5 Å². The number of thiophene rings is 1. The highest BCUT2D eigenvalue weighted by Crippen LogP contribution is 2.29. The predicted octanol–water partition coefficient (Wildman–Crippen LogP) is 0.464. The van der Waals surface area contributed by atoms with Crippen molar-refractivity contribution in [3.8, 4) is 0 Å². The van der Waals surface area contributed by atoms with E-state index in [-0.39, 0.29) is 36.2 Å². The summed E-state index contributed by atoms with van der Waals surface area (Å²) in [5.74, 6) is -0.998. The summed E-state index contributed by atoms with van der Waals surface area (Å²) in [7, 11) is -3.77. The molecule has 8 nitrogen and oxygen atoms in total. The average Bonchev–Trinajstić information content (AvgIpc) is 3.14. The first-order valence-corrected chi connectivity index (χ1v) is 10.5. The van der Waals surface area contributed by atoms with Crippen LogP contribution in [0.15, 0.2) is 34.4 Å². The highest BCUT2D eigenvalue weighted by Gasteiger charge is 2.41. The van der Waals surface area contributed by atoms with Crippen molar-refractivity contribution in [2.45, 2.75) is 35.6 Å². The highest BCUT2D eigenvalue weighted by molar-refractivity contribution is 7.91. The van der Waals surface area contributed by atoms with Gasteiger partial charge in [0.15, 0.2) is 0 Å². The monoisotopic (exact) mass is 401 g/mol. The lowest BCUT2D eigenvalue weighted by Crippen LogP contribution is -2.55. The second kappa shape index (κ2) is 9.26. The Balaban J connectivity index is 2.17. The Morgan fingerprint density at radius 1 is 1.50 bits per heavy atom. The van der Waals surface area contributed by atoms with Crippen molar-refractivity contribution >= 4 is 33.2 Å². The third-order valence-electron chi connectivity index (χ3n) is 3.99. The molecule has 2 atom stereocenters. The standard InChI is InChI=1S/C16H23N3O5S2/c1-2-9-24-12-6-8-19(26(22,23)15-4-3-10-25-15)13(11-12)16(21)18-7-5-14(17)20/h2-4,10,12-13H,1,5-9,11H2,(H2,17,20)(H,18,21). The number of nitrogens with two attached hydrogens (primary N) is 1. The van der Waals surface area contributed by atoms with Crippen LogP contribution in [0.4, 0.5) is 0 Å². The van der Waals surface area contributed by atoms with E-state index >= 15 is 0 Å². The van der Waals surface area contributed by atoms with Crippen molar-refractivity contribution in [3.05, 3.63) is 30.2 Å². The largest absolute Gasteiger partial charge is 0.374 e. The molecule has 2 heterocycles. The molecule has 0 aromatic carbocycles. The maximum Gasteiger partial charge on any atom is 0.253 e. The summed E-state index contributed by atoms with van der Waals surface area (Å²) in [5.41, 5.74) is 5.07. The van der Waals surface area contributed by atoms with Crippen LogP contribution in [0.5, 0.6) is 0 Å². The zero-order valence-corrected chi connectivity index (χ0v) is 15.9. The Labute approximate surface area is 157 Å². The Hall–Kier alpha value is -1.75. The van der Waals surface area contributed by atoms with Crippen LogP contribution in [0, 0.1) is 0 Å². The molecule has 0 spiro atoms. The molecule has 144 valence electrons. The Kier molecular flexibility index (Phi) is 7.33. The minimum Gasteiger partial charge on any atom is -0.374 e. The molecule has 2 rings (SSSR count). The average molecular weight is 402 g/mol. The molecular weight excluding hydrogens is 378 g/mol. The molecule has 1 aromatic rings. The van der Waals surface area contributed by atoms with Crippen LogP contribution in [0.1, 0.15) is 19.3 Å². The number of sulfonamides is 1. The van der Waals surface area contributed by atoms with Gasteiger partial charge in [-0.2, -0.15) is 4.31 Å². The van der Waals surface area contributed by atoms with E-state index in [1.165, 1.54) is 10.4 Å². The lowest BCUT2D eigenvalue weighted by molar-refractivity contribution is -0.127. The summed E-state index contributed by atoms with van der Waals surface area (Å²) in [4.78, 5) is 23.4. The molecule has 2 unspecified atom stereocenters. The number of amides is 2. The Morgan fingerprint density at radius 2 is 2.27 bits per heavy atom. The second-order valence-electron chi connectivity index (χ2n) is 5.84. The summed E-state index contributed by atoms with van der Waals surface area (Å²) in [5, 5.41) is 4.26. The molecule has 10 heteroatoms. The van der Waals surface area contributed by atoms with Crippen LogP contribution in [-0.2, 0) is 24.3 Å². The molecule has 0 aliphatic carbocycles. The maximum atomic E-state index is 12.9. The number of hydrogen-bond donors (Lipinski definition) is 2. The van der Waals surface area contributed by atoms with Gasteiger partial charge >= 0.3 is 0 Å². The van der Waals surface area contributed by atoms with Crippen LogP contribution in [0.3, 0.4) is 0 Å². The third kappa shape index (κ3) is 5.13. The zero-order valence-electron chi connectivity index (χ0n) is 14.3. The fourth-order valence-electron chi connectivity index (χ4n) is 2.75. The zero-order chi connectivity index (χ0) is 19.2. The molecule has 1 fully saturated rings. The molecule has 1 aromatic heterocycles. The molecule has 2 amide bonds. The summed E-state index contributed by atoms with van der Waals surface area (Å²) < 4.78 is 32.8. The van der Waals surface area contributed by atoms with Gasteiger partial charge in [-0.25, -0.2) is 8.42 Å². The first kappa shape index (κ1) is 20.6. The number of carbonyl (C=O) groups excluding carboxylic acids is 2. The van der Waals surface area contributed by atoms with Gasteiger partial charge < -0.3 is 15.8 Å². The molecule has 3 N–H and O–H groups in total. The number of carbonyl (C=O) groups is 2. The van der Waals surface area contributed by atoms with Gasteiger partial charge in [0.05, 0.1) is 12.7 Å².